The summed E-state index contributed by atoms with van der Waals surface area (Å²) in [7, 11) is 0. The third kappa shape index (κ3) is 4.24. The third-order valence-corrected chi connectivity index (χ3v) is 6.11. The van der Waals surface area contributed by atoms with E-state index in [4.69, 9.17) is 0 Å². The lowest BCUT2D eigenvalue weighted by atomic mass is 10.0. The molecule has 0 saturated carbocycles. The fourth-order valence-corrected chi connectivity index (χ4v) is 4.16. The van der Waals surface area contributed by atoms with Crippen LogP contribution >= 0.6 is 0 Å². The summed E-state index contributed by atoms with van der Waals surface area (Å²) in [4.78, 5) is 39.5. The largest absolute Gasteiger partial charge is 0.343 e. The highest BCUT2D eigenvalue weighted by molar-refractivity contribution is 6.09. The van der Waals surface area contributed by atoms with Crippen LogP contribution in [-0.4, -0.2) is 34.4 Å². The Balaban J connectivity index is 1.54. The predicted octanol–water partition coefficient (Wildman–Crippen LogP) is 3.88. The molecule has 0 bridgehead atoms. The molecule has 0 atom stereocenters. The van der Waals surface area contributed by atoms with E-state index in [2.05, 4.69) is 5.32 Å². The molecule has 2 aromatic carbocycles. The van der Waals surface area contributed by atoms with Gasteiger partial charge in [0.05, 0.1) is 0 Å². The molecule has 0 unspecified atom stereocenters. The summed E-state index contributed by atoms with van der Waals surface area (Å²) < 4.78 is 1.68. The number of pyridine rings is 1. The zero-order valence-electron chi connectivity index (χ0n) is 18.0. The van der Waals surface area contributed by atoms with Crippen LogP contribution in [0.3, 0.4) is 0 Å². The molecule has 0 radical (unpaired) electrons. The number of carbonyl (C=O) groups is 2. The lowest BCUT2D eigenvalue weighted by Gasteiger charge is -2.16. The average Bonchev–Trinajstić information content (AvgIpc) is 3.16. The summed E-state index contributed by atoms with van der Waals surface area (Å²) in [6.45, 7) is 5.95. The summed E-state index contributed by atoms with van der Waals surface area (Å²) in [5.74, 6) is 0.0169. The van der Waals surface area contributed by atoms with Crippen LogP contribution in [0.2, 0.25) is 0 Å². The molecule has 1 aromatic heterocycles. The first kappa shape index (κ1) is 20.8. The van der Waals surface area contributed by atoms with Crippen LogP contribution in [0, 0.1) is 13.8 Å². The molecule has 2 amide bonds. The number of fused-ring (bicyclic) bond motifs is 1. The van der Waals surface area contributed by atoms with Gasteiger partial charge in [0, 0.05) is 54.3 Å². The number of aryl methyl sites for hydroxylation is 2. The van der Waals surface area contributed by atoms with Crippen LogP contribution in [0.5, 0.6) is 0 Å². The summed E-state index contributed by atoms with van der Waals surface area (Å²) in [5.41, 5.74) is 3.16. The van der Waals surface area contributed by atoms with E-state index in [-0.39, 0.29) is 17.4 Å². The highest BCUT2D eigenvalue weighted by Crippen LogP contribution is 2.23. The van der Waals surface area contributed by atoms with Crippen molar-refractivity contribution in [2.75, 3.05) is 18.4 Å². The number of benzene rings is 2. The number of anilines is 1. The molecule has 160 valence electrons. The van der Waals surface area contributed by atoms with Gasteiger partial charge >= 0.3 is 0 Å². The maximum absolute atomic E-state index is 13.0. The Kier molecular flexibility index (Phi) is 5.89. The van der Waals surface area contributed by atoms with Crippen molar-refractivity contribution in [3.8, 4) is 0 Å². The Morgan fingerprint density at radius 2 is 1.81 bits per heavy atom. The number of hydrogen-bond acceptors (Lipinski definition) is 3. The number of nitrogens with one attached hydrogen (secondary N) is 1. The number of likely N-dealkylation sites (tertiary alicyclic amines) is 1. The molecule has 2 heterocycles. The maximum Gasteiger partial charge on any atom is 0.258 e. The van der Waals surface area contributed by atoms with Gasteiger partial charge < -0.3 is 14.8 Å². The second-order valence-electron chi connectivity index (χ2n) is 8.12. The second-order valence-corrected chi connectivity index (χ2v) is 8.12. The molecule has 3 aromatic rings. The maximum atomic E-state index is 13.0. The molecule has 1 fully saturated rings. The summed E-state index contributed by atoms with van der Waals surface area (Å²) in [5, 5.41) is 4.26. The van der Waals surface area contributed by atoms with Gasteiger partial charge in [-0.15, -0.1) is 0 Å². The van der Waals surface area contributed by atoms with Crippen molar-refractivity contribution in [1.82, 2.24) is 9.47 Å². The molecular weight excluding hydrogens is 390 g/mol. The van der Waals surface area contributed by atoms with Crippen LogP contribution in [0.25, 0.3) is 10.8 Å². The van der Waals surface area contributed by atoms with E-state index in [1.807, 2.05) is 43.0 Å². The predicted molar refractivity (Wildman–Crippen MR) is 123 cm³/mol. The molecule has 1 aliphatic rings. The van der Waals surface area contributed by atoms with E-state index in [1.165, 1.54) is 0 Å². The zero-order valence-corrected chi connectivity index (χ0v) is 18.0. The highest BCUT2D eigenvalue weighted by Gasteiger charge is 2.19. The zero-order chi connectivity index (χ0) is 22.0. The minimum Gasteiger partial charge on any atom is -0.343 e. The van der Waals surface area contributed by atoms with Crippen LogP contribution in [0.1, 0.15) is 40.7 Å². The fraction of sp³-hybridized carbons (Fsp3) is 0.320. The van der Waals surface area contributed by atoms with Gasteiger partial charge in [0.2, 0.25) is 5.91 Å². The summed E-state index contributed by atoms with van der Waals surface area (Å²) in [6, 6.07) is 12.9. The summed E-state index contributed by atoms with van der Waals surface area (Å²) >= 11 is 0. The van der Waals surface area contributed by atoms with Gasteiger partial charge in [-0.2, -0.15) is 0 Å². The highest BCUT2D eigenvalue weighted by atomic mass is 16.2. The second kappa shape index (κ2) is 8.76. The summed E-state index contributed by atoms with van der Waals surface area (Å²) in [6.07, 6.45) is 4.06. The minimum atomic E-state index is -0.187. The van der Waals surface area contributed by atoms with E-state index in [1.54, 1.807) is 29.0 Å². The SMILES string of the molecule is Cc1cccc(C(=O)Nc2cccc3c(=O)n(CCCN4CCCC4=O)ccc23)c1C. The van der Waals surface area contributed by atoms with Crippen LogP contribution < -0.4 is 10.9 Å². The molecule has 1 N–H and O–H groups in total. The number of hydrogen-bond donors (Lipinski definition) is 1. The Labute approximate surface area is 181 Å². The van der Waals surface area contributed by atoms with Crippen molar-refractivity contribution >= 4 is 28.3 Å². The number of amides is 2. The van der Waals surface area contributed by atoms with Gasteiger partial charge in [0.1, 0.15) is 0 Å². The number of nitrogens with zero attached hydrogens (tertiary/aromatic N) is 2. The molecule has 31 heavy (non-hydrogen) atoms. The van der Waals surface area contributed by atoms with E-state index in [9.17, 15) is 14.4 Å². The molecular formula is C25H27N3O3. The lowest BCUT2D eigenvalue weighted by Crippen LogP contribution is -2.28. The lowest BCUT2D eigenvalue weighted by molar-refractivity contribution is -0.127. The molecule has 6 nitrogen and oxygen atoms in total. The quantitative estimate of drug-likeness (QED) is 0.662. The first-order valence-corrected chi connectivity index (χ1v) is 10.7. The van der Waals surface area contributed by atoms with Crippen LogP contribution in [-0.2, 0) is 11.3 Å². The topological polar surface area (TPSA) is 71.4 Å². The number of carbonyl (C=O) groups excluding carboxylic acids is 2. The van der Waals surface area contributed by atoms with Crippen molar-refractivity contribution in [3.63, 3.8) is 0 Å². The van der Waals surface area contributed by atoms with Gasteiger partial charge in [-0.1, -0.05) is 18.2 Å². The minimum absolute atomic E-state index is 0.0897. The molecule has 0 spiro atoms. The van der Waals surface area contributed by atoms with Crippen molar-refractivity contribution in [2.24, 2.45) is 0 Å². The van der Waals surface area contributed by atoms with Gasteiger partial charge in [-0.3, -0.25) is 14.4 Å². The smallest absolute Gasteiger partial charge is 0.258 e. The Hall–Kier alpha value is -3.41. The van der Waals surface area contributed by atoms with E-state index in [0.29, 0.717) is 36.1 Å². The Morgan fingerprint density at radius 1 is 1.00 bits per heavy atom. The Bertz CT molecular complexity index is 1210. The first-order chi connectivity index (χ1) is 15.0. The number of rotatable bonds is 6. The average molecular weight is 418 g/mol. The third-order valence-electron chi connectivity index (χ3n) is 6.11. The normalized spacial score (nSPS) is 13.7. The van der Waals surface area contributed by atoms with Gasteiger partial charge in [-0.25, -0.2) is 0 Å². The van der Waals surface area contributed by atoms with E-state index < -0.39 is 0 Å². The van der Waals surface area contributed by atoms with Crippen molar-refractivity contribution in [2.45, 2.75) is 39.7 Å². The van der Waals surface area contributed by atoms with Gasteiger partial charge in [0.25, 0.3) is 11.5 Å². The van der Waals surface area contributed by atoms with E-state index >= 15 is 0 Å². The van der Waals surface area contributed by atoms with E-state index in [0.717, 1.165) is 35.9 Å². The molecule has 4 rings (SSSR count). The van der Waals surface area contributed by atoms with Gasteiger partial charge in [0.15, 0.2) is 0 Å². The molecule has 0 aliphatic carbocycles. The van der Waals surface area contributed by atoms with Gasteiger partial charge in [-0.05, 0) is 62.1 Å². The fourth-order valence-electron chi connectivity index (χ4n) is 4.16. The first-order valence-electron chi connectivity index (χ1n) is 10.7. The molecule has 1 saturated heterocycles. The van der Waals surface area contributed by atoms with Crippen molar-refractivity contribution in [1.29, 1.82) is 0 Å². The Morgan fingerprint density at radius 3 is 2.58 bits per heavy atom. The standard InChI is InChI=1S/C25H27N3O3/c1-17-7-3-8-19(18(17)2)24(30)26-22-10-4-9-21-20(22)12-16-28(25(21)31)15-6-14-27-13-5-11-23(27)29/h3-4,7-10,12,16H,5-6,11,13-15H2,1-2H3,(H,26,30). The van der Waals surface area contributed by atoms with Crippen molar-refractivity contribution in [3.05, 3.63) is 75.7 Å². The molecule has 1 aliphatic heterocycles. The molecule has 6 heteroatoms. The van der Waals surface area contributed by atoms with Crippen molar-refractivity contribution < 1.29 is 9.59 Å². The monoisotopic (exact) mass is 417 g/mol. The number of aromatic nitrogens is 1. The van der Waals surface area contributed by atoms with Crippen LogP contribution in [0.4, 0.5) is 5.69 Å². The van der Waals surface area contributed by atoms with Crippen LogP contribution in [0.15, 0.2) is 53.5 Å².